The van der Waals surface area contributed by atoms with E-state index in [2.05, 4.69) is 61.8 Å². The normalized spacial score (nSPS) is 8.27. The molecule has 0 spiro atoms. The van der Waals surface area contributed by atoms with Crippen LogP contribution in [0.15, 0.2) is 97.1 Å². The van der Waals surface area contributed by atoms with Gasteiger partial charge in [-0.2, -0.15) is 0 Å². The maximum atomic E-state index is 2.12. The van der Waals surface area contributed by atoms with Crippen LogP contribution in [0.3, 0.4) is 0 Å². The van der Waals surface area contributed by atoms with Gasteiger partial charge in [0, 0.05) is 39.6 Å². The van der Waals surface area contributed by atoms with Crippen molar-refractivity contribution < 1.29 is 0 Å². The molecule has 0 saturated carbocycles. The number of anilines is 2. The second-order valence-corrected chi connectivity index (χ2v) is 7.03. The van der Waals surface area contributed by atoms with Crippen LogP contribution in [0.5, 0.6) is 0 Å². The lowest BCUT2D eigenvalue weighted by atomic mass is 10.3. The summed E-state index contributed by atoms with van der Waals surface area (Å²) in [5.41, 5.74) is 2.50. The first-order valence-electron chi connectivity index (χ1n) is 10.9. The molecule has 0 aliphatic rings. The SMILES string of the molecule is CCC.CCC.CN(C)c1ccccc1.CN(C)c1ccccc1.c1ccccc1. The van der Waals surface area contributed by atoms with Gasteiger partial charge in [0.2, 0.25) is 0 Å². The molecule has 3 aromatic rings. The van der Waals surface area contributed by atoms with Gasteiger partial charge in [-0.25, -0.2) is 0 Å². The van der Waals surface area contributed by atoms with Gasteiger partial charge in [-0.1, -0.05) is 113 Å². The van der Waals surface area contributed by atoms with Crippen LogP contribution in [0.1, 0.15) is 40.5 Å². The number of hydrogen-bond donors (Lipinski definition) is 0. The average molecular weight is 409 g/mol. The highest BCUT2D eigenvalue weighted by Crippen LogP contribution is 2.08. The van der Waals surface area contributed by atoms with Gasteiger partial charge in [-0.05, 0) is 24.3 Å². The number of para-hydroxylation sites is 2. The van der Waals surface area contributed by atoms with E-state index < -0.39 is 0 Å². The third-order valence-corrected chi connectivity index (χ3v) is 3.21. The number of benzene rings is 3. The molecule has 0 aromatic heterocycles. The molecule has 0 bridgehead atoms. The summed E-state index contributed by atoms with van der Waals surface area (Å²) in [5.74, 6) is 0. The standard InChI is InChI=1S/2C8H11N.C6H6.2C3H8/c2*1-9(2)8-6-4-3-5-7-8;1-2-4-6-5-3-1;2*1-3-2/h2*3-7H,1-2H3;1-6H;2*3H2,1-2H3. The minimum absolute atomic E-state index is 1.25. The Morgan fingerprint density at radius 2 is 0.567 bits per heavy atom. The summed E-state index contributed by atoms with van der Waals surface area (Å²) in [4.78, 5) is 4.17. The average Bonchev–Trinajstić information content (AvgIpc) is 2.78. The molecule has 0 fully saturated rings. The number of nitrogens with zero attached hydrogens (tertiary/aromatic N) is 2. The molecule has 166 valence electrons. The fourth-order valence-corrected chi connectivity index (χ4v) is 1.84. The van der Waals surface area contributed by atoms with E-state index in [9.17, 15) is 0 Å². The molecule has 0 aliphatic heterocycles. The van der Waals surface area contributed by atoms with Crippen molar-refractivity contribution in [2.75, 3.05) is 38.0 Å². The Balaban J connectivity index is 0. The molecule has 2 heteroatoms. The van der Waals surface area contributed by atoms with Crippen LogP contribution in [0.2, 0.25) is 0 Å². The van der Waals surface area contributed by atoms with Crippen LogP contribution in [0.25, 0.3) is 0 Å². The second kappa shape index (κ2) is 22.5. The molecule has 3 aromatic carbocycles. The van der Waals surface area contributed by atoms with Crippen LogP contribution in [-0.4, -0.2) is 28.2 Å². The highest BCUT2D eigenvalue weighted by Gasteiger charge is 1.88. The first-order valence-corrected chi connectivity index (χ1v) is 10.9. The van der Waals surface area contributed by atoms with E-state index in [0.717, 1.165) is 0 Å². The molecule has 0 N–H and O–H groups in total. The summed E-state index contributed by atoms with van der Waals surface area (Å²) in [6.07, 6.45) is 2.50. The first kappa shape index (κ1) is 29.5. The van der Waals surface area contributed by atoms with E-state index in [1.807, 2.05) is 101 Å². The van der Waals surface area contributed by atoms with Gasteiger partial charge in [0.05, 0.1) is 0 Å². The molecule has 2 nitrogen and oxygen atoms in total. The quantitative estimate of drug-likeness (QED) is 0.423. The molecule has 0 atom stereocenters. The van der Waals surface area contributed by atoms with Gasteiger partial charge in [0.25, 0.3) is 0 Å². The van der Waals surface area contributed by atoms with E-state index >= 15 is 0 Å². The van der Waals surface area contributed by atoms with Crippen LogP contribution < -0.4 is 9.80 Å². The van der Waals surface area contributed by atoms with Crippen LogP contribution >= 0.6 is 0 Å². The largest absolute Gasteiger partial charge is 0.378 e. The fourth-order valence-electron chi connectivity index (χ4n) is 1.84. The molecule has 0 aliphatic carbocycles. The van der Waals surface area contributed by atoms with Crippen molar-refractivity contribution in [3.05, 3.63) is 97.1 Å². The van der Waals surface area contributed by atoms with Gasteiger partial charge >= 0.3 is 0 Å². The number of rotatable bonds is 2. The van der Waals surface area contributed by atoms with Crippen LogP contribution in [0, 0.1) is 0 Å². The molecule has 3 rings (SSSR count). The van der Waals surface area contributed by atoms with Gasteiger partial charge in [0.15, 0.2) is 0 Å². The lowest BCUT2D eigenvalue weighted by Gasteiger charge is -2.10. The van der Waals surface area contributed by atoms with Crippen molar-refractivity contribution in [1.29, 1.82) is 0 Å². The highest BCUT2D eigenvalue weighted by molar-refractivity contribution is 5.44. The van der Waals surface area contributed by atoms with Gasteiger partial charge < -0.3 is 9.80 Å². The smallest absolute Gasteiger partial charge is 0.0360 e. The Labute approximate surface area is 187 Å². The summed E-state index contributed by atoms with van der Waals surface area (Å²) < 4.78 is 0. The van der Waals surface area contributed by atoms with Crippen molar-refractivity contribution >= 4 is 11.4 Å². The Morgan fingerprint density at radius 3 is 0.700 bits per heavy atom. The summed E-state index contributed by atoms with van der Waals surface area (Å²) >= 11 is 0. The van der Waals surface area contributed by atoms with Crippen molar-refractivity contribution in [3.63, 3.8) is 0 Å². The molecule has 0 amide bonds. The Bertz CT molecular complexity index is 578. The summed E-state index contributed by atoms with van der Waals surface area (Å²) in [7, 11) is 8.15. The van der Waals surface area contributed by atoms with Crippen molar-refractivity contribution in [2.24, 2.45) is 0 Å². The van der Waals surface area contributed by atoms with E-state index in [4.69, 9.17) is 0 Å². The minimum atomic E-state index is 1.25. The Morgan fingerprint density at radius 1 is 0.400 bits per heavy atom. The van der Waals surface area contributed by atoms with E-state index in [-0.39, 0.29) is 0 Å². The second-order valence-electron chi connectivity index (χ2n) is 7.03. The lowest BCUT2D eigenvalue weighted by molar-refractivity contribution is 1.09. The third-order valence-electron chi connectivity index (χ3n) is 3.21. The van der Waals surface area contributed by atoms with Crippen molar-refractivity contribution in [3.8, 4) is 0 Å². The van der Waals surface area contributed by atoms with Crippen LogP contribution in [-0.2, 0) is 0 Å². The monoisotopic (exact) mass is 408 g/mol. The molecular weight excluding hydrogens is 364 g/mol. The molecule has 0 unspecified atom stereocenters. The highest BCUT2D eigenvalue weighted by atomic mass is 15.1. The topological polar surface area (TPSA) is 6.48 Å². The molecule has 30 heavy (non-hydrogen) atoms. The zero-order valence-corrected chi connectivity index (χ0v) is 20.5. The maximum absolute atomic E-state index is 2.12. The fraction of sp³-hybridized carbons (Fsp3) is 0.357. The van der Waals surface area contributed by atoms with Crippen molar-refractivity contribution in [1.82, 2.24) is 0 Å². The van der Waals surface area contributed by atoms with Crippen molar-refractivity contribution in [2.45, 2.75) is 40.5 Å². The Kier molecular flexibility index (Phi) is 22.1. The Hall–Kier alpha value is -2.74. The predicted octanol–water partition coefficient (Wildman–Crippen LogP) is 8.02. The zero-order chi connectivity index (χ0) is 23.0. The van der Waals surface area contributed by atoms with E-state index in [0.29, 0.717) is 0 Å². The maximum Gasteiger partial charge on any atom is 0.0360 e. The summed E-state index contributed by atoms with van der Waals surface area (Å²) in [6.45, 7) is 8.50. The van der Waals surface area contributed by atoms with E-state index in [1.165, 1.54) is 24.2 Å². The first-order chi connectivity index (χ1) is 14.4. The third kappa shape index (κ3) is 20.0. The summed E-state index contributed by atoms with van der Waals surface area (Å²) in [5, 5.41) is 0. The molecular formula is C28H44N2. The minimum Gasteiger partial charge on any atom is -0.378 e. The van der Waals surface area contributed by atoms with E-state index in [1.54, 1.807) is 0 Å². The van der Waals surface area contributed by atoms with Gasteiger partial charge in [-0.15, -0.1) is 0 Å². The number of hydrogen-bond acceptors (Lipinski definition) is 2. The molecule has 0 radical (unpaired) electrons. The zero-order valence-electron chi connectivity index (χ0n) is 20.5. The van der Waals surface area contributed by atoms with Gasteiger partial charge in [-0.3, -0.25) is 0 Å². The predicted molar refractivity (Wildman–Crippen MR) is 140 cm³/mol. The lowest BCUT2D eigenvalue weighted by Crippen LogP contribution is -2.07. The van der Waals surface area contributed by atoms with Crippen LogP contribution in [0.4, 0.5) is 11.4 Å². The molecule has 0 heterocycles. The molecule has 0 saturated heterocycles. The summed E-state index contributed by atoms with van der Waals surface area (Å²) in [6, 6.07) is 32.5. The van der Waals surface area contributed by atoms with Gasteiger partial charge in [0.1, 0.15) is 0 Å².